The average Bonchev–Trinajstić information content (AvgIpc) is 3.54. The number of aryl methyl sites for hydroxylation is 1. The third-order valence-electron chi connectivity index (χ3n) is 5.13. The van der Waals surface area contributed by atoms with Crippen LogP contribution < -0.4 is 21.1 Å². The molecule has 0 saturated heterocycles. The van der Waals surface area contributed by atoms with Gasteiger partial charge in [-0.1, -0.05) is 18.2 Å². The fraction of sp³-hybridized carbons (Fsp3) is 0.227. The fourth-order valence-corrected chi connectivity index (χ4v) is 5.24. The molecule has 2 unspecified atom stereocenters. The van der Waals surface area contributed by atoms with Crippen molar-refractivity contribution in [2.75, 3.05) is 10.6 Å². The number of primary amides is 1. The van der Waals surface area contributed by atoms with Gasteiger partial charge in [-0.25, -0.2) is 18.1 Å². The SMILES string of the molecule is Cc1cnc(Nc2cccc(C(N)=O)c2)nc1Nc1ccc(CNS(=O)(=O)C2CC2Cl)cc1. The predicted molar refractivity (Wildman–Crippen MR) is 129 cm³/mol. The Kier molecular flexibility index (Phi) is 6.50. The number of nitrogens with zero attached hydrogens (tertiary/aromatic N) is 2. The Morgan fingerprint density at radius 1 is 1.15 bits per heavy atom. The largest absolute Gasteiger partial charge is 0.366 e. The van der Waals surface area contributed by atoms with Crippen LogP contribution in [0.5, 0.6) is 0 Å². The van der Waals surface area contributed by atoms with Gasteiger partial charge in [-0.2, -0.15) is 4.98 Å². The van der Waals surface area contributed by atoms with Crippen LogP contribution in [0.3, 0.4) is 0 Å². The molecule has 3 aromatic rings. The average molecular weight is 487 g/mol. The molecular weight excluding hydrogens is 464 g/mol. The van der Waals surface area contributed by atoms with Crippen LogP contribution in [0.25, 0.3) is 0 Å². The summed E-state index contributed by atoms with van der Waals surface area (Å²) in [6.07, 6.45) is 2.17. The molecule has 1 aliphatic carbocycles. The number of benzene rings is 2. The van der Waals surface area contributed by atoms with E-state index in [0.717, 1.165) is 16.8 Å². The summed E-state index contributed by atoms with van der Waals surface area (Å²) < 4.78 is 26.8. The van der Waals surface area contributed by atoms with Crippen LogP contribution >= 0.6 is 11.6 Å². The Morgan fingerprint density at radius 2 is 1.88 bits per heavy atom. The lowest BCUT2D eigenvalue weighted by molar-refractivity contribution is 0.100. The number of sulfonamides is 1. The highest BCUT2D eigenvalue weighted by Gasteiger charge is 2.45. The van der Waals surface area contributed by atoms with E-state index in [-0.39, 0.29) is 11.9 Å². The first kappa shape index (κ1) is 23.0. The van der Waals surface area contributed by atoms with Crippen LogP contribution in [-0.4, -0.2) is 34.9 Å². The summed E-state index contributed by atoms with van der Waals surface area (Å²) in [4.78, 5) is 20.2. The number of halogens is 1. The maximum absolute atomic E-state index is 12.1. The summed E-state index contributed by atoms with van der Waals surface area (Å²) in [5, 5.41) is 5.51. The first-order valence-corrected chi connectivity index (χ1v) is 12.2. The smallest absolute Gasteiger partial charge is 0.248 e. The Hall–Kier alpha value is -3.21. The van der Waals surface area contributed by atoms with Gasteiger partial charge in [-0.3, -0.25) is 4.79 Å². The molecule has 11 heteroatoms. The summed E-state index contributed by atoms with van der Waals surface area (Å²) in [7, 11) is -3.38. The second-order valence-corrected chi connectivity index (χ2v) is 10.3. The monoisotopic (exact) mass is 486 g/mol. The van der Waals surface area contributed by atoms with E-state index in [1.54, 1.807) is 30.5 Å². The van der Waals surface area contributed by atoms with Gasteiger partial charge < -0.3 is 16.4 Å². The molecule has 2 aromatic carbocycles. The molecule has 1 heterocycles. The van der Waals surface area contributed by atoms with E-state index >= 15 is 0 Å². The van der Waals surface area contributed by atoms with Crippen molar-refractivity contribution in [1.29, 1.82) is 0 Å². The Morgan fingerprint density at radius 3 is 2.55 bits per heavy atom. The summed E-state index contributed by atoms with van der Waals surface area (Å²) in [5.74, 6) is 0.445. The van der Waals surface area contributed by atoms with E-state index in [1.807, 2.05) is 31.2 Å². The van der Waals surface area contributed by atoms with Crippen molar-refractivity contribution < 1.29 is 13.2 Å². The third kappa shape index (κ3) is 5.78. The molecule has 0 aliphatic heterocycles. The van der Waals surface area contributed by atoms with E-state index in [9.17, 15) is 13.2 Å². The number of hydrogen-bond donors (Lipinski definition) is 4. The summed E-state index contributed by atoms with van der Waals surface area (Å²) in [5.41, 5.74) is 8.80. The maximum Gasteiger partial charge on any atom is 0.248 e. The van der Waals surface area contributed by atoms with Gasteiger partial charge in [0.1, 0.15) is 5.82 Å². The van der Waals surface area contributed by atoms with Crippen molar-refractivity contribution in [2.45, 2.75) is 30.5 Å². The molecule has 0 radical (unpaired) electrons. The number of rotatable bonds is 9. The van der Waals surface area contributed by atoms with Crippen molar-refractivity contribution in [2.24, 2.45) is 5.73 Å². The fourth-order valence-electron chi connectivity index (χ4n) is 3.11. The molecule has 2 atom stereocenters. The van der Waals surface area contributed by atoms with Crippen molar-refractivity contribution in [1.82, 2.24) is 14.7 Å². The molecule has 33 heavy (non-hydrogen) atoms. The predicted octanol–water partition coefficient (Wildman–Crippen LogP) is 3.17. The van der Waals surface area contributed by atoms with E-state index < -0.39 is 21.2 Å². The first-order chi connectivity index (χ1) is 15.7. The second-order valence-electron chi connectivity index (χ2n) is 7.77. The molecular formula is C22H23ClN6O3S. The maximum atomic E-state index is 12.1. The lowest BCUT2D eigenvalue weighted by Crippen LogP contribution is -2.27. The normalized spacial score (nSPS) is 17.4. The standard InChI is InChI=1S/C22H23ClN6O3S/c1-13-11-25-22(28-17-4-2-3-15(9-17)20(24)30)29-21(13)27-16-7-5-14(6-8-16)12-26-33(31,32)19-10-18(19)23/h2-9,11,18-19,26H,10,12H2,1H3,(H2,24,30)(H2,25,27,28,29). The Bertz CT molecular complexity index is 1280. The molecule has 5 N–H and O–H groups in total. The van der Waals surface area contributed by atoms with Crippen LogP contribution in [0.15, 0.2) is 54.7 Å². The van der Waals surface area contributed by atoms with E-state index in [2.05, 4.69) is 25.3 Å². The van der Waals surface area contributed by atoms with Gasteiger partial charge >= 0.3 is 0 Å². The topological polar surface area (TPSA) is 139 Å². The first-order valence-electron chi connectivity index (χ1n) is 10.2. The van der Waals surface area contributed by atoms with Gasteiger partial charge in [0, 0.05) is 35.2 Å². The zero-order valence-electron chi connectivity index (χ0n) is 17.7. The van der Waals surface area contributed by atoms with Crippen molar-refractivity contribution in [3.63, 3.8) is 0 Å². The van der Waals surface area contributed by atoms with Crippen LogP contribution in [0.4, 0.5) is 23.1 Å². The van der Waals surface area contributed by atoms with Crippen molar-refractivity contribution in [3.05, 3.63) is 71.4 Å². The summed E-state index contributed by atoms with van der Waals surface area (Å²) in [6.45, 7) is 2.08. The van der Waals surface area contributed by atoms with Gasteiger partial charge in [0.25, 0.3) is 0 Å². The van der Waals surface area contributed by atoms with Crippen molar-refractivity contribution in [3.8, 4) is 0 Å². The minimum Gasteiger partial charge on any atom is -0.366 e. The highest BCUT2D eigenvalue weighted by molar-refractivity contribution is 7.90. The van der Waals surface area contributed by atoms with Crippen LogP contribution in [0.2, 0.25) is 0 Å². The molecule has 4 rings (SSSR count). The zero-order chi connectivity index (χ0) is 23.6. The van der Waals surface area contributed by atoms with E-state index in [1.165, 1.54) is 0 Å². The Labute approximate surface area is 196 Å². The Balaban J connectivity index is 1.41. The molecule has 1 aliphatic rings. The summed E-state index contributed by atoms with van der Waals surface area (Å²) >= 11 is 5.84. The molecule has 9 nitrogen and oxygen atoms in total. The molecule has 172 valence electrons. The molecule has 1 aromatic heterocycles. The number of nitrogens with two attached hydrogens (primary N) is 1. The minimum absolute atomic E-state index is 0.202. The number of anilines is 4. The van der Waals surface area contributed by atoms with Gasteiger partial charge in [-0.15, -0.1) is 11.6 Å². The molecule has 1 amide bonds. The number of carbonyl (C=O) groups is 1. The van der Waals surface area contributed by atoms with E-state index in [4.69, 9.17) is 17.3 Å². The van der Waals surface area contributed by atoms with Crippen LogP contribution in [0.1, 0.15) is 27.9 Å². The molecule has 1 fully saturated rings. The van der Waals surface area contributed by atoms with Gasteiger partial charge in [0.05, 0.1) is 10.6 Å². The minimum atomic E-state index is -3.38. The van der Waals surface area contributed by atoms with Crippen LogP contribution in [0, 0.1) is 6.92 Å². The van der Waals surface area contributed by atoms with E-state index in [0.29, 0.717) is 29.4 Å². The lowest BCUT2D eigenvalue weighted by atomic mass is 10.2. The molecule has 0 spiro atoms. The lowest BCUT2D eigenvalue weighted by Gasteiger charge is -2.12. The van der Waals surface area contributed by atoms with Gasteiger partial charge in [0.2, 0.25) is 21.9 Å². The van der Waals surface area contributed by atoms with Crippen LogP contribution in [-0.2, 0) is 16.6 Å². The van der Waals surface area contributed by atoms with Gasteiger partial charge in [0.15, 0.2) is 0 Å². The van der Waals surface area contributed by atoms with Crippen molar-refractivity contribution >= 4 is 50.7 Å². The number of amides is 1. The number of nitrogens with one attached hydrogen (secondary N) is 3. The van der Waals surface area contributed by atoms with Gasteiger partial charge in [-0.05, 0) is 49.2 Å². The molecule has 0 bridgehead atoms. The number of alkyl halides is 1. The second kappa shape index (κ2) is 9.34. The number of hydrogen-bond acceptors (Lipinski definition) is 7. The summed E-state index contributed by atoms with van der Waals surface area (Å²) in [6, 6.07) is 14.1. The quantitative estimate of drug-likeness (QED) is 0.340. The number of aromatic nitrogens is 2. The molecule has 1 saturated carbocycles. The highest BCUT2D eigenvalue weighted by atomic mass is 35.5. The highest BCUT2D eigenvalue weighted by Crippen LogP contribution is 2.34. The third-order valence-corrected chi connectivity index (χ3v) is 7.62. The number of carbonyl (C=O) groups excluding carboxylic acids is 1. The zero-order valence-corrected chi connectivity index (χ0v) is 19.3.